The van der Waals surface area contributed by atoms with Gasteiger partial charge >= 0.3 is 6.03 Å². The molecule has 1 fully saturated rings. The Kier molecular flexibility index (Phi) is 5.44. The number of amides is 2. The molecular weight excluding hydrogens is 377 g/mol. The summed E-state index contributed by atoms with van der Waals surface area (Å²) < 4.78 is 14.0. The quantitative estimate of drug-likeness (QED) is 0.717. The predicted octanol–water partition coefficient (Wildman–Crippen LogP) is 5.43. The molecule has 0 radical (unpaired) electrons. The second kappa shape index (κ2) is 7.99. The van der Waals surface area contributed by atoms with Crippen LogP contribution in [0.1, 0.15) is 79.6 Å². The summed E-state index contributed by atoms with van der Waals surface area (Å²) in [7, 11) is 0. The molecule has 0 saturated heterocycles. The number of rotatable bonds is 4. The largest absolute Gasteiger partial charge is 0.505 e. The van der Waals surface area contributed by atoms with Crippen LogP contribution >= 0.6 is 11.3 Å². The van der Waals surface area contributed by atoms with E-state index in [9.17, 15) is 14.3 Å². The molecule has 1 aromatic heterocycles. The molecule has 148 valence electrons. The fourth-order valence-electron chi connectivity index (χ4n) is 4.25. The Morgan fingerprint density at radius 2 is 2.07 bits per heavy atom. The number of hydrogen-bond donors (Lipinski definition) is 2. The van der Waals surface area contributed by atoms with E-state index in [1.807, 2.05) is 6.92 Å². The molecule has 0 bridgehead atoms. The summed E-state index contributed by atoms with van der Waals surface area (Å²) in [6.45, 7) is 1.97. The molecular formula is C21H24FN3O2S. The van der Waals surface area contributed by atoms with Crippen LogP contribution in [-0.4, -0.2) is 21.8 Å². The van der Waals surface area contributed by atoms with E-state index in [0.717, 1.165) is 16.4 Å². The maximum absolute atomic E-state index is 14.0. The third-order valence-electron chi connectivity index (χ3n) is 5.74. The molecule has 2 atom stereocenters. The lowest BCUT2D eigenvalue weighted by Gasteiger charge is -2.31. The Bertz CT molecular complexity index is 905. The van der Waals surface area contributed by atoms with Crippen LogP contribution in [0.3, 0.4) is 0 Å². The minimum atomic E-state index is -0.701. The topological polar surface area (TPSA) is 74.6 Å². The van der Waals surface area contributed by atoms with Gasteiger partial charge < -0.3 is 10.4 Å². The molecule has 2 amide bonds. The number of carbonyl (C=O) groups is 1. The minimum absolute atomic E-state index is 0.228. The van der Waals surface area contributed by atoms with E-state index in [4.69, 9.17) is 4.98 Å². The molecule has 4 rings (SSSR count). The Labute approximate surface area is 167 Å². The molecule has 2 aliphatic rings. The number of benzene rings is 1. The van der Waals surface area contributed by atoms with Gasteiger partial charge in [-0.25, -0.2) is 19.2 Å². The summed E-state index contributed by atoms with van der Waals surface area (Å²) in [6, 6.07) is 3.36. The molecule has 1 aliphatic heterocycles. The highest BCUT2D eigenvalue weighted by Crippen LogP contribution is 2.40. The summed E-state index contributed by atoms with van der Waals surface area (Å²) in [4.78, 5) is 21.3. The molecule has 5 nitrogen and oxygen atoms in total. The van der Waals surface area contributed by atoms with Crippen molar-refractivity contribution in [3.05, 3.63) is 45.7 Å². The number of carbonyl (C=O) groups excluding carboxylic acids is 1. The average Bonchev–Trinajstić information content (AvgIpc) is 3.19. The lowest BCUT2D eigenvalue weighted by atomic mass is 9.86. The van der Waals surface area contributed by atoms with Gasteiger partial charge in [0.1, 0.15) is 5.01 Å². The van der Waals surface area contributed by atoms with Gasteiger partial charge in [0.2, 0.25) is 0 Å². The van der Waals surface area contributed by atoms with Crippen molar-refractivity contribution >= 4 is 23.1 Å². The van der Waals surface area contributed by atoms with E-state index in [1.165, 1.54) is 44.2 Å². The zero-order valence-corrected chi connectivity index (χ0v) is 16.6. The summed E-state index contributed by atoms with van der Waals surface area (Å²) in [6.07, 6.45) is 6.75. The van der Waals surface area contributed by atoms with E-state index in [1.54, 1.807) is 17.4 Å². The zero-order valence-electron chi connectivity index (χ0n) is 15.8. The van der Waals surface area contributed by atoms with Crippen molar-refractivity contribution in [1.82, 2.24) is 10.3 Å². The smallest absolute Gasteiger partial charge is 0.341 e. The van der Waals surface area contributed by atoms with Gasteiger partial charge in [0.05, 0.1) is 17.7 Å². The molecule has 2 aromatic rings. The van der Waals surface area contributed by atoms with Crippen molar-refractivity contribution < 1.29 is 14.3 Å². The fraction of sp³-hybridized carbons (Fsp3) is 0.476. The number of aromatic hydroxyl groups is 1. The second-order valence-electron chi connectivity index (χ2n) is 7.52. The van der Waals surface area contributed by atoms with Crippen molar-refractivity contribution in [1.29, 1.82) is 0 Å². The maximum atomic E-state index is 14.0. The number of hydrogen-bond acceptors (Lipinski definition) is 4. The van der Waals surface area contributed by atoms with Gasteiger partial charge in [-0.15, -0.1) is 11.3 Å². The van der Waals surface area contributed by atoms with Gasteiger partial charge in [0.25, 0.3) is 0 Å². The number of aliphatic imine (C=N–C) groups is 1. The zero-order chi connectivity index (χ0) is 19.7. The number of aromatic nitrogens is 1. The van der Waals surface area contributed by atoms with E-state index in [2.05, 4.69) is 15.7 Å². The van der Waals surface area contributed by atoms with Crippen molar-refractivity contribution in [2.75, 3.05) is 0 Å². The van der Waals surface area contributed by atoms with Crippen LogP contribution < -0.4 is 5.32 Å². The van der Waals surface area contributed by atoms with Crippen molar-refractivity contribution in [2.45, 2.75) is 63.3 Å². The van der Waals surface area contributed by atoms with Gasteiger partial charge in [0, 0.05) is 17.0 Å². The maximum Gasteiger partial charge on any atom is 0.341 e. The van der Waals surface area contributed by atoms with Crippen LogP contribution in [0.15, 0.2) is 28.6 Å². The Morgan fingerprint density at radius 3 is 2.79 bits per heavy atom. The standard InChI is InChI=1S/C21H24FN3O2S/c1-2-15-18(20-23-16(11-28-20)12-6-4-3-5-7-12)19(25-21(27)24-15)13-8-9-17(26)14(22)10-13/h8-12,18-19,26H,2-7H2,1H3,(H,25,27). The summed E-state index contributed by atoms with van der Waals surface area (Å²) in [5.41, 5.74) is 2.48. The number of nitrogens with zero attached hydrogens (tertiary/aromatic N) is 2. The monoisotopic (exact) mass is 401 g/mol. The molecule has 2 unspecified atom stereocenters. The van der Waals surface area contributed by atoms with Crippen LogP contribution in [0, 0.1) is 5.82 Å². The number of thiazole rings is 1. The van der Waals surface area contributed by atoms with Crippen LogP contribution in [0.5, 0.6) is 5.75 Å². The van der Waals surface area contributed by atoms with Gasteiger partial charge in [0.15, 0.2) is 11.6 Å². The fourth-order valence-corrected chi connectivity index (χ4v) is 5.31. The molecule has 1 aliphatic carbocycles. The molecule has 1 saturated carbocycles. The van der Waals surface area contributed by atoms with Gasteiger partial charge in [-0.2, -0.15) is 0 Å². The predicted molar refractivity (Wildman–Crippen MR) is 108 cm³/mol. The molecule has 0 spiro atoms. The van der Waals surface area contributed by atoms with Crippen LogP contribution in [0.25, 0.3) is 0 Å². The number of phenols is 1. The number of urea groups is 1. The summed E-state index contributed by atoms with van der Waals surface area (Å²) in [5.74, 6) is -0.828. The van der Waals surface area contributed by atoms with E-state index >= 15 is 0 Å². The molecule has 1 aromatic carbocycles. The third-order valence-corrected chi connectivity index (χ3v) is 6.68. The van der Waals surface area contributed by atoms with Gasteiger partial charge in [-0.1, -0.05) is 32.3 Å². The summed E-state index contributed by atoms with van der Waals surface area (Å²) in [5, 5.41) is 15.4. The molecule has 7 heteroatoms. The molecule has 2 N–H and O–H groups in total. The lowest BCUT2D eigenvalue weighted by molar-refractivity contribution is 0.242. The first-order chi connectivity index (χ1) is 13.6. The van der Waals surface area contributed by atoms with E-state index in [-0.39, 0.29) is 5.92 Å². The Balaban J connectivity index is 1.71. The van der Waals surface area contributed by atoms with Gasteiger partial charge in [-0.3, -0.25) is 0 Å². The van der Waals surface area contributed by atoms with E-state index < -0.39 is 23.6 Å². The highest BCUT2D eigenvalue weighted by atomic mass is 32.1. The first kappa shape index (κ1) is 19.1. The normalized spacial score (nSPS) is 23.4. The number of nitrogens with one attached hydrogen (secondary N) is 1. The molecule has 28 heavy (non-hydrogen) atoms. The Morgan fingerprint density at radius 1 is 1.29 bits per heavy atom. The number of phenolic OH excluding ortho intramolecular Hbond substituents is 1. The van der Waals surface area contributed by atoms with Gasteiger partial charge in [-0.05, 0) is 37.0 Å². The third kappa shape index (κ3) is 3.68. The Hall–Kier alpha value is -2.28. The SMILES string of the molecule is CCC1=NC(=O)NC(c2ccc(O)c(F)c2)C1c1nc(C2CCCCC2)cs1. The highest BCUT2D eigenvalue weighted by molar-refractivity contribution is 7.09. The van der Waals surface area contributed by atoms with E-state index in [0.29, 0.717) is 17.9 Å². The van der Waals surface area contributed by atoms with Crippen molar-refractivity contribution in [2.24, 2.45) is 4.99 Å². The summed E-state index contributed by atoms with van der Waals surface area (Å²) >= 11 is 1.59. The minimum Gasteiger partial charge on any atom is -0.505 e. The average molecular weight is 402 g/mol. The van der Waals surface area contributed by atoms with Crippen molar-refractivity contribution in [3.63, 3.8) is 0 Å². The van der Waals surface area contributed by atoms with Crippen LogP contribution in [0.2, 0.25) is 0 Å². The molecule has 2 heterocycles. The lowest BCUT2D eigenvalue weighted by Crippen LogP contribution is -2.39. The first-order valence-electron chi connectivity index (χ1n) is 9.88. The van der Waals surface area contributed by atoms with Crippen LogP contribution in [-0.2, 0) is 0 Å². The van der Waals surface area contributed by atoms with Crippen molar-refractivity contribution in [3.8, 4) is 5.75 Å². The highest BCUT2D eigenvalue weighted by Gasteiger charge is 2.36. The number of halogens is 1. The second-order valence-corrected chi connectivity index (χ2v) is 8.41. The van der Waals surface area contributed by atoms with Crippen LogP contribution in [0.4, 0.5) is 9.18 Å². The first-order valence-corrected chi connectivity index (χ1v) is 10.8.